The molecule has 110 valence electrons. The first kappa shape index (κ1) is 14.4. The zero-order chi connectivity index (χ0) is 14.7. The molecule has 0 aliphatic carbocycles. The molecule has 20 heavy (non-hydrogen) atoms. The third kappa shape index (κ3) is 2.92. The molecule has 1 unspecified atom stereocenters. The second kappa shape index (κ2) is 5.94. The van der Waals surface area contributed by atoms with Gasteiger partial charge in [-0.1, -0.05) is 6.92 Å². The summed E-state index contributed by atoms with van der Waals surface area (Å²) in [6.07, 6.45) is 2.46. The number of nitrogens with two attached hydrogens (primary N) is 1. The first-order valence-electron chi connectivity index (χ1n) is 6.92. The van der Waals surface area contributed by atoms with Gasteiger partial charge in [-0.15, -0.1) is 0 Å². The van der Waals surface area contributed by atoms with Crippen LogP contribution in [0.25, 0.3) is 0 Å². The minimum absolute atomic E-state index is 0.0102. The summed E-state index contributed by atoms with van der Waals surface area (Å²) < 4.78 is 0. The molecule has 1 aromatic heterocycles. The van der Waals surface area contributed by atoms with E-state index in [4.69, 9.17) is 5.73 Å². The highest BCUT2D eigenvalue weighted by Crippen LogP contribution is 2.19. The Morgan fingerprint density at radius 2 is 2.30 bits per heavy atom. The number of hydrogen-bond acceptors (Lipinski definition) is 4. The quantitative estimate of drug-likeness (QED) is 0.740. The van der Waals surface area contributed by atoms with Gasteiger partial charge in [-0.05, 0) is 19.3 Å². The van der Waals surface area contributed by atoms with E-state index in [0.717, 1.165) is 18.5 Å². The smallest absolute Gasteiger partial charge is 0.276 e. The summed E-state index contributed by atoms with van der Waals surface area (Å²) >= 11 is 0. The highest BCUT2D eigenvalue weighted by molar-refractivity contribution is 5.97. The molecule has 1 aliphatic heterocycles. The van der Waals surface area contributed by atoms with Crippen molar-refractivity contribution in [2.24, 2.45) is 0 Å². The Kier molecular flexibility index (Phi) is 4.26. The van der Waals surface area contributed by atoms with Crippen molar-refractivity contribution < 1.29 is 9.59 Å². The number of rotatable bonds is 3. The van der Waals surface area contributed by atoms with Crippen molar-refractivity contribution in [3.63, 3.8) is 0 Å². The minimum atomic E-state index is -0.173. The molecule has 1 atom stereocenters. The van der Waals surface area contributed by atoms with Crippen molar-refractivity contribution in [3.8, 4) is 0 Å². The van der Waals surface area contributed by atoms with E-state index >= 15 is 0 Å². The lowest BCUT2D eigenvalue weighted by atomic mass is 10.0. The molecule has 2 rings (SSSR count). The number of aryl methyl sites for hydroxylation is 1. The number of nitrogens with zero attached hydrogens (tertiary/aromatic N) is 2. The number of hydrogen-bond donors (Lipinski definition) is 3. The van der Waals surface area contributed by atoms with Crippen molar-refractivity contribution >= 4 is 17.5 Å². The van der Waals surface area contributed by atoms with Gasteiger partial charge in [0.25, 0.3) is 5.91 Å². The van der Waals surface area contributed by atoms with Gasteiger partial charge in [0.2, 0.25) is 5.91 Å². The number of nitrogens with one attached hydrogen (secondary N) is 2. The van der Waals surface area contributed by atoms with Crippen LogP contribution in [-0.4, -0.2) is 46.0 Å². The van der Waals surface area contributed by atoms with Gasteiger partial charge >= 0.3 is 0 Å². The van der Waals surface area contributed by atoms with Crippen LogP contribution in [0, 0.1) is 0 Å². The summed E-state index contributed by atoms with van der Waals surface area (Å²) in [5.41, 5.74) is 7.42. The van der Waals surface area contributed by atoms with Crippen molar-refractivity contribution in [2.45, 2.75) is 39.2 Å². The van der Waals surface area contributed by atoms with Crippen LogP contribution in [0.2, 0.25) is 0 Å². The molecule has 0 spiro atoms. The lowest BCUT2D eigenvalue weighted by Crippen LogP contribution is -2.49. The van der Waals surface area contributed by atoms with Crippen LogP contribution in [0.1, 0.15) is 42.9 Å². The third-order valence-corrected chi connectivity index (χ3v) is 3.56. The predicted octanol–water partition coefficient (Wildman–Crippen LogP) is 0.295. The zero-order valence-electron chi connectivity index (χ0n) is 11.9. The number of nitrogen functional groups attached to an aromatic ring is 1. The molecular formula is C13H21N5O2. The predicted molar refractivity (Wildman–Crippen MR) is 75.1 cm³/mol. The number of amides is 2. The van der Waals surface area contributed by atoms with E-state index in [9.17, 15) is 9.59 Å². The van der Waals surface area contributed by atoms with E-state index in [2.05, 4.69) is 15.5 Å². The average Bonchev–Trinajstić information content (AvgIpc) is 2.78. The van der Waals surface area contributed by atoms with Gasteiger partial charge in [0.05, 0.1) is 11.4 Å². The van der Waals surface area contributed by atoms with Gasteiger partial charge < -0.3 is 16.0 Å². The SMILES string of the molecule is CCc1[nH]nc(C(=O)N2CCCC(NC(C)=O)C2)c1N. The van der Waals surface area contributed by atoms with Crippen LogP contribution in [0.5, 0.6) is 0 Å². The standard InChI is InChI=1S/C13H21N5O2/c1-3-10-11(14)12(17-16-10)13(20)18-6-4-5-9(7-18)15-8(2)19/h9H,3-7,14H2,1-2H3,(H,15,19)(H,16,17). The van der Waals surface area contributed by atoms with E-state index in [1.807, 2.05) is 6.92 Å². The molecule has 0 radical (unpaired) electrons. The molecule has 1 fully saturated rings. The number of anilines is 1. The second-order valence-corrected chi connectivity index (χ2v) is 5.11. The molecule has 4 N–H and O–H groups in total. The first-order chi connectivity index (χ1) is 9.52. The zero-order valence-corrected chi connectivity index (χ0v) is 11.9. The average molecular weight is 279 g/mol. The Labute approximate surface area is 117 Å². The fourth-order valence-electron chi connectivity index (χ4n) is 2.54. The lowest BCUT2D eigenvalue weighted by molar-refractivity contribution is -0.120. The maximum Gasteiger partial charge on any atom is 0.276 e. The number of H-pyrrole nitrogens is 1. The monoisotopic (exact) mass is 279 g/mol. The van der Waals surface area contributed by atoms with Crippen LogP contribution < -0.4 is 11.1 Å². The molecule has 1 aliphatic rings. The highest BCUT2D eigenvalue weighted by Gasteiger charge is 2.28. The number of likely N-dealkylation sites (tertiary alicyclic amines) is 1. The topological polar surface area (TPSA) is 104 Å². The number of aromatic nitrogens is 2. The molecule has 7 nitrogen and oxygen atoms in total. The normalized spacial score (nSPS) is 18.9. The van der Waals surface area contributed by atoms with Crippen molar-refractivity contribution in [1.82, 2.24) is 20.4 Å². The van der Waals surface area contributed by atoms with Gasteiger partial charge in [0, 0.05) is 26.1 Å². The Hall–Kier alpha value is -2.05. The van der Waals surface area contributed by atoms with E-state index in [-0.39, 0.29) is 23.6 Å². The maximum absolute atomic E-state index is 12.4. The summed E-state index contributed by atoms with van der Waals surface area (Å²) in [5.74, 6) is -0.245. The fourth-order valence-corrected chi connectivity index (χ4v) is 2.54. The Bertz CT molecular complexity index is 511. The Morgan fingerprint density at radius 3 is 2.90 bits per heavy atom. The summed E-state index contributed by atoms with van der Waals surface area (Å²) in [6, 6.07) is 0.0102. The van der Waals surface area contributed by atoms with Crippen molar-refractivity contribution in [2.75, 3.05) is 18.8 Å². The summed E-state index contributed by atoms with van der Waals surface area (Å²) in [6.45, 7) is 4.61. The van der Waals surface area contributed by atoms with Gasteiger partial charge in [0.1, 0.15) is 0 Å². The van der Waals surface area contributed by atoms with E-state index in [1.165, 1.54) is 6.92 Å². The minimum Gasteiger partial charge on any atom is -0.395 e. The van der Waals surface area contributed by atoms with Gasteiger partial charge in [-0.3, -0.25) is 14.7 Å². The molecule has 0 aromatic carbocycles. The maximum atomic E-state index is 12.4. The van der Waals surface area contributed by atoms with Crippen LogP contribution in [0.3, 0.4) is 0 Å². The molecule has 7 heteroatoms. The molecular weight excluding hydrogens is 258 g/mol. The number of piperidine rings is 1. The number of aromatic amines is 1. The number of carbonyl (C=O) groups is 2. The molecule has 2 amide bonds. The Balaban J connectivity index is 2.08. The fraction of sp³-hybridized carbons (Fsp3) is 0.615. The van der Waals surface area contributed by atoms with Crippen LogP contribution in [-0.2, 0) is 11.2 Å². The van der Waals surface area contributed by atoms with E-state index in [0.29, 0.717) is 25.2 Å². The summed E-state index contributed by atoms with van der Waals surface area (Å²) in [4.78, 5) is 25.2. The first-order valence-corrected chi connectivity index (χ1v) is 6.92. The molecule has 2 heterocycles. The van der Waals surface area contributed by atoms with Gasteiger partial charge in [-0.25, -0.2) is 0 Å². The van der Waals surface area contributed by atoms with E-state index < -0.39 is 0 Å². The van der Waals surface area contributed by atoms with Crippen molar-refractivity contribution in [1.29, 1.82) is 0 Å². The van der Waals surface area contributed by atoms with Crippen LogP contribution >= 0.6 is 0 Å². The van der Waals surface area contributed by atoms with Gasteiger partial charge in [-0.2, -0.15) is 5.10 Å². The number of carbonyl (C=O) groups excluding carboxylic acids is 2. The molecule has 0 saturated carbocycles. The molecule has 1 saturated heterocycles. The van der Waals surface area contributed by atoms with Crippen LogP contribution in [0.15, 0.2) is 0 Å². The molecule has 0 bridgehead atoms. The van der Waals surface area contributed by atoms with Crippen molar-refractivity contribution in [3.05, 3.63) is 11.4 Å². The van der Waals surface area contributed by atoms with Crippen LogP contribution in [0.4, 0.5) is 5.69 Å². The lowest BCUT2D eigenvalue weighted by Gasteiger charge is -2.32. The third-order valence-electron chi connectivity index (χ3n) is 3.56. The molecule has 1 aromatic rings. The largest absolute Gasteiger partial charge is 0.395 e. The van der Waals surface area contributed by atoms with Gasteiger partial charge in [0.15, 0.2) is 5.69 Å². The highest BCUT2D eigenvalue weighted by atomic mass is 16.2. The second-order valence-electron chi connectivity index (χ2n) is 5.11. The Morgan fingerprint density at radius 1 is 1.55 bits per heavy atom. The summed E-state index contributed by atoms with van der Waals surface area (Å²) in [7, 11) is 0. The summed E-state index contributed by atoms with van der Waals surface area (Å²) in [5, 5.41) is 9.67. The van der Waals surface area contributed by atoms with E-state index in [1.54, 1.807) is 4.90 Å².